The molecule has 1 aromatic rings. The van der Waals surface area contributed by atoms with E-state index in [4.69, 9.17) is 4.74 Å². The van der Waals surface area contributed by atoms with Crippen LogP contribution in [0.3, 0.4) is 0 Å². The van der Waals surface area contributed by atoms with Gasteiger partial charge in [-0.25, -0.2) is 4.79 Å². The number of ketones is 1. The van der Waals surface area contributed by atoms with E-state index in [1.807, 2.05) is 30.3 Å². The summed E-state index contributed by atoms with van der Waals surface area (Å²) in [4.78, 5) is 23.8. The van der Waals surface area contributed by atoms with E-state index in [0.717, 1.165) is 5.56 Å². The van der Waals surface area contributed by atoms with Gasteiger partial charge in [0.15, 0.2) is 5.78 Å². The van der Waals surface area contributed by atoms with Crippen LogP contribution in [-0.2, 0) is 9.53 Å². The fourth-order valence-corrected chi connectivity index (χ4v) is 1.71. The molecule has 0 aromatic heterocycles. The largest absolute Gasteiger partial charge is 0.447 e. The van der Waals surface area contributed by atoms with Gasteiger partial charge < -0.3 is 4.74 Å². The minimum atomic E-state index is -0.420. The third kappa shape index (κ3) is 2.53. The summed E-state index contributed by atoms with van der Waals surface area (Å²) in [5.74, 6) is -0.100. The maximum atomic E-state index is 11.5. The van der Waals surface area contributed by atoms with Crippen molar-refractivity contribution in [3.8, 4) is 0 Å². The predicted octanol–water partition coefficient (Wildman–Crippen LogP) is 2.28. The summed E-state index contributed by atoms with van der Waals surface area (Å²) in [5.41, 5.74) is 0.992. The highest BCUT2D eigenvalue weighted by atomic mass is 16.6. The molecule has 0 bridgehead atoms. The van der Waals surface area contributed by atoms with Crippen molar-refractivity contribution >= 4 is 11.9 Å². The van der Waals surface area contributed by atoms with E-state index in [1.54, 1.807) is 0 Å². The second-order valence-corrected chi connectivity index (χ2v) is 3.84. The fourth-order valence-electron chi connectivity index (χ4n) is 1.71. The topological polar surface area (TPSA) is 46.6 Å². The summed E-state index contributed by atoms with van der Waals surface area (Å²) in [6, 6.07) is 9.44. The van der Waals surface area contributed by atoms with Gasteiger partial charge in [0.05, 0.1) is 6.04 Å². The predicted molar refractivity (Wildman–Crippen MR) is 62.2 cm³/mol. The third-order valence-corrected chi connectivity index (χ3v) is 2.57. The lowest BCUT2D eigenvalue weighted by Gasteiger charge is -2.17. The Balaban J connectivity index is 2.22. The SMILES string of the molecule is CC(=O)/C=C/N1C(=O)OC[C@H]1c1ccccc1. The molecule has 1 aromatic carbocycles. The third-order valence-electron chi connectivity index (χ3n) is 2.57. The van der Waals surface area contributed by atoms with Gasteiger partial charge in [0.1, 0.15) is 6.61 Å². The molecular weight excluding hydrogens is 218 g/mol. The molecule has 1 atom stereocenters. The van der Waals surface area contributed by atoms with Crippen LogP contribution in [0, 0.1) is 0 Å². The van der Waals surface area contributed by atoms with Crippen molar-refractivity contribution in [1.82, 2.24) is 4.90 Å². The molecule has 1 fully saturated rings. The standard InChI is InChI=1S/C13H13NO3/c1-10(15)7-8-14-12(9-17-13(14)16)11-5-3-2-4-6-11/h2-8,12H,9H2,1H3/b8-7+/t12-/m0/s1. The zero-order chi connectivity index (χ0) is 12.3. The Bertz CT molecular complexity index is 453. The maximum Gasteiger partial charge on any atom is 0.414 e. The van der Waals surface area contributed by atoms with E-state index in [0.29, 0.717) is 6.61 Å². The smallest absolute Gasteiger partial charge is 0.414 e. The highest BCUT2D eigenvalue weighted by Gasteiger charge is 2.32. The first-order valence-corrected chi connectivity index (χ1v) is 5.37. The van der Waals surface area contributed by atoms with Crippen molar-refractivity contribution in [1.29, 1.82) is 0 Å². The first-order chi connectivity index (χ1) is 8.18. The van der Waals surface area contributed by atoms with Gasteiger partial charge in [0, 0.05) is 6.20 Å². The first kappa shape index (κ1) is 11.4. The number of amides is 1. The van der Waals surface area contributed by atoms with E-state index < -0.39 is 6.09 Å². The zero-order valence-corrected chi connectivity index (χ0v) is 9.50. The molecule has 1 aliphatic heterocycles. The molecule has 4 heteroatoms. The lowest BCUT2D eigenvalue weighted by atomic mass is 10.1. The summed E-state index contributed by atoms with van der Waals surface area (Å²) in [7, 11) is 0. The van der Waals surface area contributed by atoms with Gasteiger partial charge in [-0.1, -0.05) is 30.3 Å². The number of cyclic esters (lactones) is 1. The number of carbonyl (C=O) groups is 2. The summed E-state index contributed by atoms with van der Waals surface area (Å²) in [6.45, 7) is 1.75. The molecule has 1 heterocycles. The van der Waals surface area contributed by atoms with Crippen LogP contribution in [0.4, 0.5) is 4.79 Å². The number of nitrogens with zero attached hydrogens (tertiary/aromatic N) is 1. The molecule has 88 valence electrons. The molecule has 1 saturated heterocycles. The van der Waals surface area contributed by atoms with Crippen LogP contribution in [0.2, 0.25) is 0 Å². The van der Waals surface area contributed by atoms with E-state index in [1.165, 1.54) is 24.1 Å². The van der Waals surface area contributed by atoms with Gasteiger partial charge in [-0.2, -0.15) is 0 Å². The van der Waals surface area contributed by atoms with Gasteiger partial charge >= 0.3 is 6.09 Å². The van der Waals surface area contributed by atoms with E-state index >= 15 is 0 Å². The van der Waals surface area contributed by atoms with Gasteiger partial charge in [0.2, 0.25) is 0 Å². The minimum absolute atomic E-state index is 0.100. The van der Waals surface area contributed by atoms with E-state index in [2.05, 4.69) is 0 Å². The Morgan fingerprint density at radius 3 is 2.76 bits per heavy atom. The Morgan fingerprint density at radius 1 is 1.41 bits per heavy atom. The van der Waals surface area contributed by atoms with Gasteiger partial charge in [-0.05, 0) is 18.6 Å². The number of hydrogen-bond donors (Lipinski definition) is 0. The van der Waals surface area contributed by atoms with Crippen LogP contribution in [-0.4, -0.2) is 23.4 Å². The van der Waals surface area contributed by atoms with Crippen LogP contribution in [0.1, 0.15) is 18.5 Å². The van der Waals surface area contributed by atoms with Gasteiger partial charge in [-0.3, -0.25) is 9.69 Å². The molecule has 1 amide bonds. The average molecular weight is 231 g/mol. The molecule has 17 heavy (non-hydrogen) atoms. The number of allylic oxidation sites excluding steroid dienone is 1. The van der Waals surface area contributed by atoms with Crippen LogP contribution in [0.5, 0.6) is 0 Å². The summed E-state index contributed by atoms with van der Waals surface area (Å²) in [6.07, 6.45) is 2.43. The monoisotopic (exact) mass is 231 g/mol. The molecular formula is C13H13NO3. The van der Waals surface area contributed by atoms with Crippen molar-refractivity contribution in [2.75, 3.05) is 6.61 Å². The molecule has 2 rings (SSSR count). The Morgan fingerprint density at radius 2 is 2.12 bits per heavy atom. The van der Waals surface area contributed by atoms with Crippen molar-refractivity contribution in [3.05, 3.63) is 48.2 Å². The zero-order valence-electron chi connectivity index (χ0n) is 9.50. The molecule has 0 radical (unpaired) electrons. The second kappa shape index (κ2) is 4.82. The van der Waals surface area contributed by atoms with Crippen molar-refractivity contribution in [2.24, 2.45) is 0 Å². The fraction of sp³-hybridized carbons (Fsp3) is 0.231. The van der Waals surface area contributed by atoms with E-state index in [9.17, 15) is 9.59 Å². The first-order valence-electron chi connectivity index (χ1n) is 5.37. The van der Waals surface area contributed by atoms with E-state index in [-0.39, 0.29) is 11.8 Å². The minimum Gasteiger partial charge on any atom is -0.447 e. The Hall–Kier alpha value is -2.10. The van der Waals surface area contributed by atoms with Crippen molar-refractivity contribution < 1.29 is 14.3 Å². The molecule has 0 spiro atoms. The number of ether oxygens (including phenoxy) is 1. The lowest BCUT2D eigenvalue weighted by molar-refractivity contribution is -0.112. The second-order valence-electron chi connectivity index (χ2n) is 3.84. The Labute approximate surface area is 99.5 Å². The Kier molecular flexibility index (Phi) is 3.23. The number of rotatable bonds is 3. The highest BCUT2D eigenvalue weighted by molar-refractivity contribution is 5.87. The molecule has 0 unspecified atom stereocenters. The van der Waals surface area contributed by atoms with Crippen LogP contribution in [0.15, 0.2) is 42.6 Å². The van der Waals surface area contributed by atoms with Crippen molar-refractivity contribution in [3.63, 3.8) is 0 Å². The molecule has 1 aliphatic rings. The number of hydrogen-bond acceptors (Lipinski definition) is 3. The highest BCUT2D eigenvalue weighted by Crippen LogP contribution is 2.27. The average Bonchev–Trinajstić information content (AvgIpc) is 2.69. The summed E-state index contributed by atoms with van der Waals surface area (Å²) >= 11 is 0. The van der Waals surface area contributed by atoms with Crippen LogP contribution >= 0.6 is 0 Å². The normalized spacial score (nSPS) is 19.7. The molecule has 0 aliphatic carbocycles. The lowest BCUT2D eigenvalue weighted by Crippen LogP contribution is -2.21. The summed E-state index contributed by atoms with van der Waals surface area (Å²) in [5, 5.41) is 0. The maximum absolute atomic E-state index is 11.5. The summed E-state index contributed by atoms with van der Waals surface area (Å²) < 4.78 is 4.99. The van der Waals surface area contributed by atoms with Crippen molar-refractivity contribution in [2.45, 2.75) is 13.0 Å². The van der Waals surface area contributed by atoms with Gasteiger partial charge in [-0.15, -0.1) is 0 Å². The van der Waals surface area contributed by atoms with Crippen LogP contribution in [0.25, 0.3) is 0 Å². The number of carbonyl (C=O) groups excluding carboxylic acids is 2. The quantitative estimate of drug-likeness (QED) is 0.750. The van der Waals surface area contributed by atoms with Gasteiger partial charge in [0.25, 0.3) is 0 Å². The number of benzene rings is 1. The molecule has 4 nitrogen and oxygen atoms in total. The molecule has 0 saturated carbocycles. The molecule has 0 N–H and O–H groups in total. The van der Waals surface area contributed by atoms with Crippen LogP contribution < -0.4 is 0 Å².